The average molecular weight is 372 g/mol. The minimum absolute atomic E-state index is 0.00640. The molecule has 3 rings (SSSR count). The smallest absolute Gasteiger partial charge is 0.404 e. The molecule has 2 unspecified atom stereocenters. The summed E-state index contributed by atoms with van der Waals surface area (Å²) >= 11 is 1.32. The van der Waals surface area contributed by atoms with Crippen LogP contribution < -0.4 is 16.0 Å². The molecule has 0 radical (unpaired) electrons. The van der Waals surface area contributed by atoms with Crippen molar-refractivity contribution in [2.75, 3.05) is 10.6 Å². The Kier molecular flexibility index (Phi) is 5.53. The van der Waals surface area contributed by atoms with E-state index in [1.54, 1.807) is 6.20 Å². The number of nitrogens with zero attached hydrogens (tertiary/aromatic N) is 3. The second-order valence-electron chi connectivity index (χ2n) is 6.28. The van der Waals surface area contributed by atoms with Gasteiger partial charge in [0.05, 0.1) is 29.3 Å². The highest BCUT2D eigenvalue weighted by Gasteiger charge is 2.26. The topological polar surface area (TPSA) is 123 Å². The largest absolute Gasteiger partial charge is 0.465 e. The van der Waals surface area contributed by atoms with Crippen molar-refractivity contribution in [3.05, 3.63) is 29.7 Å². The molecule has 136 valence electrons. The van der Waals surface area contributed by atoms with Crippen LogP contribution in [0.4, 0.5) is 21.2 Å². The number of nitriles is 1. The van der Waals surface area contributed by atoms with Crippen LogP contribution in [0.1, 0.15) is 37.1 Å². The van der Waals surface area contributed by atoms with Crippen LogP contribution in [0.3, 0.4) is 0 Å². The molecule has 0 aromatic carbocycles. The SMILES string of the molecule is Cc1cc(Nc2cc(NC3CCCCC3NC(=O)O)cnc2C#N)sn1. The van der Waals surface area contributed by atoms with E-state index >= 15 is 0 Å². The highest BCUT2D eigenvalue weighted by atomic mass is 32.1. The average Bonchev–Trinajstić information content (AvgIpc) is 3.01. The van der Waals surface area contributed by atoms with E-state index in [9.17, 15) is 10.1 Å². The van der Waals surface area contributed by atoms with E-state index in [4.69, 9.17) is 5.11 Å². The van der Waals surface area contributed by atoms with Crippen molar-refractivity contribution >= 4 is 34.0 Å². The Labute approximate surface area is 155 Å². The predicted molar refractivity (Wildman–Crippen MR) is 99.9 cm³/mol. The normalized spacial score (nSPS) is 19.4. The number of carbonyl (C=O) groups is 1. The van der Waals surface area contributed by atoms with Crippen molar-refractivity contribution in [1.29, 1.82) is 5.26 Å². The molecule has 2 aromatic rings. The Hall–Kier alpha value is -2.86. The van der Waals surface area contributed by atoms with Gasteiger partial charge in [-0.15, -0.1) is 0 Å². The summed E-state index contributed by atoms with van der Waals surface area (Å²) in [5.74, 6) is 0. The van der Waals surface area contributed by atoms with Gasteiger partial charge in [0.1, 0.15) is 11.1 Å². The van der Waals surface area contributed by atoms with Crippen LogP contribution in [-0.4, -0.2) is 32.6 Å². The number of hydrogen-bond acceptors (Lipinski definition) is 7. The first-order chi connectivity index (χ1) is 12.5. The molecular formula is C17H20N6O2S. The number of amides is 1. The molecule has 0 bridgehead atoms. The maximum Gasteiger partial charge on any atom is 0.404 e. The van der Waals surface area contributed by atoms with Gasteiger partial charge in [-0.25, -0.2) is 9.78 Å². The lowest BCUT2D eigenvalue weighted by Crippen LogP contribution is -2.48. The van der Waals surface area contributed by atoms with Crippen LogP contribution in [0.5, 0.6) is 0 Å². The van der Waals surface area contributed by atoms with Crippen molar-refractivity contribution < 1.29 is 9.90 Å². The number of aryl methyl sites for hydroxylation is 1. The highest BCUT2D eigenvalue weighted by molar-refractivity contribution is 7.10. The first kappa shape index (κ1) is 17.9. The summed E-state index contributed by atoms with van der Waals surface area (Å²) in [6.07, 6.45) is 4.33. The summed E-state index contributed by atoms with van der Waals surface area (Å²) in [6, 6.07) is 5.66. The molecule has 1 aliphatic rings. The van der Waals surface area contributed by atoms with Gasteiger partial charge < -0.3 is 21.1 Å². The highest BCUT2D eigenvalue weighted by Crippen LogP contribution is 2.27. The zero-order valence-corrected chi connectivity index (χ0v) is 15.1. The molecule has 9 heteroatoms. The van der Waals surface area contributed by atoms with Crippen molar-refractivity contribution in [3.8, 4) is 6.07 Å². The molecule has 2 aromatic heterocycles. The van der Waals surface area contributed by atoms with Crippen LogP contribution in [0, 0.1) is 18.3 Å². The van der Waals surface area contributed by atoms with E-state index in [1.807, 2.05) is 19.1 Å². The lowest BCUT2D eigenvalue weighted by atomic mass is 9.90. The fourth-order valence-corrected chi connectivity index (χ4v) is 3.81. The van der Waals surface area contributed by atoms with Gasteiger partial charge in [0.15, 0.2) is 5.69 Å². The monoisotopic (exact) mass is 372 g/mol. The Morgan fingerprint density at radius 1 is 1.35 bits per heavy atom. The number of pyridine rings is 1. The molecule has 1 saturated carbocycles. The Morgan fingerprint density at radius 2 is 2.12 bits per heavy atom. The second-order valence-corrected chi connectivity index (χ2v) is 7.09. The summed E-state index contributed by atoms with van der Waals surface area (Å²) in [6.45, 7) is 1.90. The summed E-state index contributed by atoms with van der Waals surface area (Å²) in [4.78, 5) is 15.2. The van der Waals surface area contributed by atoms with E-state index in [0.717, 1.165) is 42.1 Å². The van der Waals surface area contributed by atoms with Crippen LogP contribution in [-0.2, 0) is 0 Å². The number of carboxylic acid groups (broad SMARTS) is 1. The van der Waals surface area contributed by atoms with E-state index < -0.39 is 6.09 Å². The number of hydrogen-bond donors (Lipinski definition) is 4. The zero-order valence-electron chi connectivity index (χ0n) is 14.3. The number of rotatable bonds is 5. The first-order valence-corrected chi connectivity index (χ1v) is 9.19. The third kappa shape index (κ3) is 4.40. The third-order valence-electron chi connectivity index (χ3n) is 4.31. The Morgan fingerprint density at radius 3 is 2.77 bits per heavy atom. The van der Waals surface area contributed by atoms with Gasteiger partial charge in [-0.1, -0.05) is 12.8 Å². The van der Waals surface area contributed by atoms with Gasteiger partial charge in [-0.3, -0.25) is 0 Å². The number of aromatic nitrogens is 2. The molecular weight excluding hydrogens is 352 g/mol. The van der Waals surface area contributed by atoms with Crippen molar-refractivity contribution in [1.82, 2.24) is 14.7 Å². The summed E-state index contributed by atoms with van der Waals surface area (Å²) < 4.78 is 4.22. The molecule has 26 heavy (non-hydrogen) atoms. The summed E-state index contributed by atoms with van der Waals surface area (Å²) in [5.41, 5.74) is 2.55. The molecule has 2 atom stereocenters. The van der Waals surface area contributed by atoms with Crippen molar-refractivity contribution in [2.45, 2.75) is 44.7 Å². The fraction of sp³-hybridized carbons (Fsp3) is 0.412. The summed E-state index contributed by atoms with van der Waals surface area (Å²) in [7, 11) is 0. The first-order valence-electron chi connectivity index (χ1n) is 8.41. The van der Waals surface area contributed by atoms with Crippen LogP contribution in [0.25, 0.3) is 0 Å². The minimum atomic E-state index is -1.01. The molecule has 8 nitrogen and oxygen atoms in total. The van der Waals surface area contributed by atoms with Crippen molar-refractivity contribution in [2.24, 2.45) is 0 Å². The number of nitrogens with one attached hydrogen (secondary N) is 3. The van der Waals surface area contributed by atoms with Crippen LogP contribution >= 0.6 is 11.5 Å². The van der Waals surface area contributed by atoms with E-state index in [2.05, 4.69) is 31.4 Å². The maximum atomic E-state index is 11.0. The standard InChI is InChI=1S/C17H20N6O2S/c1-10-6-16(26-23-10)21-14-7-11(9-19-15(14)8-18)20-12-4-2-3-5-13(12)22-17(24)25/h6-7,9,12-13,20-22H,2-5H2,1H3,(H,24,25). The Balaban J connectivity index is 1.78. The third-order valence-corrected chi connectivity index (χ3v) is 5.10. The molecule has 2 heterocycles. The van der Waals surface area contributed by atoms with Gasteiger partial charge in [0.25, 0.3) is 0 Å². The zero-order chi connectivity index (χ0) is 18.5. The lowest BCUT2D eigenvalue weighted by Gasteiger charge is -2.32. The van der Waals surface area contributed by atoms with Gasteiger partial charge in [-0.05, 0) is 43.4 Å². The van der Waals surface area contributed by atoms with Gasteiger partial charge >= 0.3 is 6.09 Å². The number of anilines is 3. The fourth-order valence-electron chi connectivity index (χ4n) is 3.13. The minimum Gasteiger partial charge on any atom is -0.465 e. The van der Waals surface area contributed by atoms with Gasteiger partial charge in [0, 0.05) is 6.04 Å². The second kappa shape index (κ2) is 8.01. The maximum absolute atomic E-state index is 11.0. The van der Waals surface area contributed by atoms with Gasteiger partial charge in [-0.2, -0.15) is 9.64 Å². The van der Waals surface area contributed by atoms with E-state index in [0.29, 0.717) is 11.4 Å². The molecule has 1 amide bonds. The quantitative estimate of drug-likeness (QED) is 0.634. The molecule has 0 spiro atoms. The van der Waals surface area contributed by atoms with E-state index in [-0.39, 0.29) is 12.1 Å². The summed E-state index contributed by atoms with van der Waals surface area (Å²) in [5, 5.41) is 28.3. The van der Waals surface area contributed by atoms with Crippen molar-refractivity contribution in [3.63, 3.8) is 0 Å². The molecule has 1 aliphatic carbocycles. The molecule has 4 N–H and O–H groups in total. The van der Waals surface area contributed by atoms with Crippen LogP contribution in [0.2, 0.25) is 0 Å². The van der Waals surface area contributed by atoms with Crippen LogP contribution in [0.15, 0.2) is 18.3 Å². The molecule has 0 saturated heterocycles. The van der Waals surface area contributed by atoms with E-state index in [1.165, 1.54) is 11.5 Å². The predicted octanol–water partition coefficient (Wildman–Crippen LogP) is 3.45. The lowest BCUT2D eigenvalue weighted by molar-refractivity contribution is 0.184. The molecule has 0 aliphatic heterocycles. The molecule has 1 fully saturated rings. The van der Waals surface area contributed by atoms with Gasteiger partial charge in [0.2, 0.25) is 0 Å². The Bertz CT molecular complexity index is 831.